The molecule has 0 radical (unpaired) electrons. The second-order valence-corrected chi connectivity index (χ2v) is 6.68. The van der Waals surface area contributed by atoms with E-state index in [-0.39, 0.29) is 11.3 Å². The van der Waals surface area contributed by atoms with Crippen LogP contribution in [0.3, 0.4) is 0 Å². The minimum Gasteiger partial charge on any atom is -0.481 e. The topological polar surface area (TPSA) is 77.9 Å². The molecule has 28 heavy (non-hydrogen) atoms. The minimum absolute atomic E-state index is 0.104. The number of benzene rings is 1. The van der Waals surface area contributed by atoms with E-state index in [1.54, 1.807) is 12.1 Å². The lowest BCUT2D eigenvalue weighted by molar-refractivity contribution is -0.136. The monoisotopic (exact) mass is 418 g/mol. The molecule has 7 heteroatoms. The smallest absolute Gasteiger partial charge is 0.307 e. The summed E-state index contributed by atoms with van der Waals surface area (Å²) in [5.74, 6) is -0.932. The van der Waals surface area contributed by atoms with Crippen LogP contribution >= 0.6 is 0 Å². The van der Waals surface area contributed by atoms with Gasteiger partial charge >= 0.3 is 5.97 Å². The van der Waals surface area contributed by atoms with Gasteiger partial charge in [0, 0.05) is 13.1 Å². The number of hydrogen-bond acceptors (Lipinski definition) is 4. The molecular weight excluding hydrogens is 376 g/mol. The molecule has 166 valence electrons. The van der Waals surface area contributed by atoms with Crippen molar-refractivity contribution in [3.63, 3.8) is 0 Å². The number of likely N-dealkylation sites (N-methyl/N-ethyl adjacent to an activating group) is 1. The summed E-state index contributed by atoms with van der Waals surface area (Å²) in [5.41, 5.74) is 0.591. The summed E-state index contributed by atoms with van der Waals surface area (Å²) < 4.78 is 26.3. The third-order valence-corrected chi connectivity index (χ3v) is 5.23. The Morgan fingerprint density at radius 1 is 0.929 bits per heavy atom. The fourth-order valence-electron chi connectivity index (χ4n) is 2.17. The SMILES string of the molecule is CC.CC.CC.CC.CCN1CCN(S(=O)(=O)c2ccc(CC(=O)O)cc2)C1. The van der Waals surface area contributed by atoms with E-state index in [1.165, 1.54) is 16.4 Å². The van der Waals surface area contributed by atoms with Gasteiger partial charge in [-0.15, -0.1) is 0 Å². The second-order valence-electron chi connectivity index (χ2n) is 4.75. The molecule has 1 saturated heterocycles. The van der Waals surface area contributed by atoms with Gasteiger partial charge in [-0.2, -0.15) is 4.31 Å². The van der Waals surface area contributed by atoms with E-state index in [0.29, 0.717) is 18.8 Å². The van der Waals surface area contributed by atoms with Crippen molar-refractivity contribution in [2.75, 3.05) is 26.3 Å². The normalized spacial score (nSPS) is 13.3. The molecule has 6 nitrogen and oxygen atoms in total. The quantitative estimate of drug-likeness (QED) is 0.750. The largest absolute Gasteiger partial charge is 0.481 e. The highest BCUT2D eigenvalue weighted by Crippen LogP contribution is 2.19. The highest BCUT2D eigenvalue weighted by molar-refractivity contribution is 7.89. The molecule has 1 aromatic rings. The molecule has 1 N–H and O–H groups in total. The van der Waals surface area contributed by atoms with Gasteiger partial charge in [0.15, 0.2) is 0 Å². The Kier molecular flexibility index (Phi) is 21.1. The maximum absolute atomic E-state index is 12.4. The van der Waals surface area contributed by atoms with E-state index in [4.69, 9.17) is 5.11 Å². The molecule has 1 fully saturated rings. The summed E-state index contributed by atoms with van der Waals surface area (Å²) in [6, 6.07) is 6.05. The molecule has 0 bridgehead atoms. The number of sulfonamides is 1. The Hall–Kier alpha value is -1.44. The van der Waals surface area contributed by atoms with Crippen molar-refractivity contribution < 1.29 is 18.3 Å². The van der Waals surface area contributed by atoms with Gasteiger partial charge in [-0.05, 0) is 24.2 Å². The predicted octanol–water partition coefficient (Wildman–Crippen LogP) is 4.70. The molecule has 0 aromatic heterocycles. The van der Waals surface area contributed by atoms with Crippen molar-refractivity contribution in [1.29, 1.82) is 0 Å². The van der Waals surface area contributed by atoms with Gasteiger partial charge < -0.3 is 5.11 Å². The number of aliphatic carboxylic acids is 1. The zero-order valence-electron chi connectivity index (χ0n) is 19.3. The summed E-state index contributed by atoms with van der Waals surface area (Å²) in [7, 11) is -3.48. The van der Waals surface area contributed by atoms with Crippen LogP contribution in [0.2, 0.25) is 0 Å². The molecule has 2 rings (SSSR count). The fraction of sp³-hybridized carbons (Fsp3) is 0.667. The van der Waals surface area contributed by atoms with Gasteiger partial charge in [0.25, 0.3) is 0 Å². The van der Waals surface area contributed by atoms with Crippen molar-refractivity contribution >= 4 is 16.0 Å². The van der Waals surface area contributed by atoms with Gasteiger partial charge in [0.05, 0.1) is 18.0 Å². The number of carbonyl (C=O) groups is 1. The fourth-order valence-corrected chi connectivity index (χ4v) is 3.59. The molecule has 0 unspecified atom stereocenters. The second kappa shape index (κ2) is 18.9. The molecule has 1 heterocycles. The molecule has 1 aliphatic heterocycles. The standard InChI is InChI=1S/C13H18N2O4S.4C2H6/c1-2-14-7-8-15(10-14)20(18,19)12-5-3-11(4-6-12)9-13(16)17;4*1-2/h3-6H,2,7-10H2,1H3,(H,16,17);4*1-2H3. The van der Waals surface area contributed by atoms with Crippen LogP contribution in [-0.2, 0) is 21.2 Å². The third kappa shape index (κ3) is 10.8. The van der Waals surface area contributed by atoms with Crippen LogP contribution in [0.25, 0.3) is 0 Å². The average molecular weight is 419 g/mol. The van der Waals surface area contributed by atoms with E-state index in [1.807, 2.05) is 62.3 Å². The first-order valence-electron chi connectivity index (χ1n) is 10.5. The molecule has 1 aromatic carbocycles. The summed E-state index contributed by atoms with van der Waals surface area (Å²) in [6.07, 6.45) is -0.104. The lowest BCUT2D eigenvalue weighted by atomic mass is 10.2. The Morgan fingerprint density at radius 3 is 1.75 bits per heavy atom. The van der Waals surface area contributed by atoms with Crippen LogP contribution in [0, 0.1) is 0 Å². The number of rotatable bonds is 5. The van der Waals surface area contributed by atoms with E-state index in [0.717, 1.165) is 13.1 Å². The van der Waals surface area contributed by atoms with E-state index in [9.17, 15) is 13.2 Å². The van der Waals surface area contributed by atoms with E-state index < -0.39 is 16.0 Å². The molecule has 0 aliphatic carbocycles. The average Bonchev–Trinajstić information content (AvgIpc) is 3.24. The van der Waals surface area contributed by atoms with Crippen LogP contribution in [0.5, 0.6) is 0 Å². The summed E-state index contributed by atoms with van der Waals surface area (Å²) >= 11 is 0. The zero-order chi connectivity index (χ0) is 22.8. The Morgan fingerprint density at radius 2 is 1.39 bits per heavy atom. The molecule has 0 spiro atoms. The van der Waals surface area contributed by atoms with Crippen LogP contribution in [0.15, 0.2) is 29.2 Å². The first-order valence-corrected chi connectivity index (χ1v) is 11.9. The van der Waals surface area contributed by atoms with Crippen LogP contribution < -0.4 is 0 Å². The predicted molar refractivity (Wildman–Crippen MR) is 119 cm³/mol. The van der Waals surface area contributed by atoms with Crippen molar-refractivity contribution in [2.45, 2.75) is 73.6 Å². The molecule has 0 atom stereocenters. The number of nitrogens with zero attached hydrogens (tertiary/aromatic N) is 2. The van der Waals surface area contributed by atoms with Crippen LogP contribution in [-0.4, -0.2) is 55.0 Å². The van der Waals surface area contributed by atoms with Gasteiger partial charge in [0.1, 0.15) is 0 Å². The maximum Gasteiger partial charge on any atom is 0.307 e. The van der Waals surface area contributed by atoms with E-state index in [2.05, 4.69) is 4.90 Å². The zero-order valence-corrected chi connectivity index (χ0v) is 20.1. The van der Waals surface area contributed by atoms with Gasteiger partial charge in [0.2, 0.25) is 10.0 Å². The van der Waals surface area contributed by atoms with Gasteiger partial charge in [-0.25, -0.2) is 8.42 Å². The Balaban J connectivity index is -0.000000695. The lowest BCUT2D eigenvalue weighted by Gasteiger charge is -2.17. The number of carboxylic acids is 1. The van der Waals surface area contributed by atoms with E-state index >= 15 is 0 Å². The molecule has 1 aliphatic rings. The van der Waals surface area contributed by atoms with Gasteiger partial charge in [-0.3, -0.25) is 9.69 Å². The molecular formula is C21H42N2O4S. The van der Waals surface area contributed by atoms with Crippen molar-refractivity contribution in [3.05, 3.63) is 29.8 Å². The first-order chi connectivity index (χ1) is 13.4. The van der Waals surface area contributed by atoms with Gasteiger partial charge in [-0.1, -0.05) is 74.4 Å². The molecule has 0 amide bonds. The maximum atomic E-state index is 12.4. The summed E-state index contributed by atoms with van der Waals surface area (Å²) in [6.45, 7) is 20.5. The van der Waals surface area contributed by atoms with Crippen molar-refractivity contribution in [1.82, 2.24) is 9.21 Å². The number of carboxylic acid groups (broad SMARTS) is 1. The summed E-state index contributed by atoms with van der Waals surface area (Å²) in [5, 5.41) is 8.69. The van der Waals surface area contributed by atoms with Crippen LogP contribution in [0.4, 0.5) is 0 Å². The lowest BCUT2D eigenvalue weighted by Crippen LogP contribution is -2.31. The highest BCUT2D eigenvalue weighted by Gasteiger charge is 2.30. The Labute approximate surface area is 173 Å². The first kappa shape index (κ1) is 31.3. The van der Waals surface area contributed by atoms with Crippen molar-refractivity contribution in [2.24, 2.45) is 0 Å². The highest BCUT2D eigenvalue weighted by atomic mass is 32.2. The van der Waals surface area contributed by atoms with Crippen LogP contribution in [0.1, 0.15) is 67.9 Å². The summed E-state index contributed by atoms with van der Waals surface area (Å²) in [4.78, 5) is 12.9. The number of hydrogen-bond donors (Lipinski definition) is 1. The Bertz CT molecular complexity index is 587. The minimum atomic E-state index is -3.48. The van der Waals surface area contributed by atoms with Crippen molar-refractivity contribution in [3.8, 4) is 0 Å². The third-order valence-electron chi connectivity index (χ3n) is 3.39. The molecule has 0 saturated carbocycles.